The number of carbonyl (C=O) groups excluding carboxylic acids is 2. The van der Waals surface area contributed by atoms with Gasteiger partial charge in [-0.05, 0) is 101 Å². The molecule has 214 valence electrons. The van der Waals surface area contributed by atoms with E-state index >= 15 is 0 Å². The quantitative estimate of drug-likeness (QED) is 0.384. The normalized spacial score (nSPS) is 21.4. The van der Waals surface area contributed by atoms with Crippen molar-refractivity contribution in [3.8, 4) is 0 Å². The number of hydrogen-bond acceptors (Lipinski definition) is 5. The fourth-order valence-corrected chi connectivity index (χ4v) is 5.92. The fourth-order valence-electron chi connectivity index (χ4n) is 5.92. The van der Waals surface area contributed by atoms with E-state index in [0.717, 1.165) is 74.8 Å². The SMILES string of the molecule is CC(C)NC(=O)C1CCC(n2c(NC(=O)c3ccc(F)cc3)nc3ccc(CN4CCC(C)(O)CC4)cc32)CC1. The van der Waals surface area contributed by atoms with Crippen molar-refractivity contribution in [3.63, 3.8) is 0 Å². The Morgan fingerprint density at radius 2 is 1.75 bits per heavy atom. The molecule has 8 nitrogen and oxygen atoms in total. The molecule has 1 aliphatic heterocycles. The average molecular weight is 550 g/mol. The number of amides is 2. The van der Waals surface area contributed by atoms with Crippen LogP contribution < -0.4 is 10.6 Å². The summed E-state index contributed by atoms with van der Waals surface area (Å²) in [7, 11) is 0. The van der Waals surface area contributed by atoms with E-state index in [1.165, 1.54) is 24.3 Å². The number of hydrogen-bond donors (Lipinski definition) is 3. The Morgan fingerprint density at radius 1 is 1.07 bits per heavy atom. The molecule has 1 saturated carbocycles. The van der Waals surface area contributed by atoms with Crippen molar-refractivity contribution in [2.45, 2.75) is 83.5 Å². The molecule has 2 aromatic carbocycles. The van der Waals surface area contributed by atoms with Crippen LogP contribution in [0.15, 0.2) is 42.5 Å². The molecule has 0 atom stereocenters. The predicted octanol–water partition coefficient (Wildman–Crippen LogP) is 5.03. The van der Waals surface area contributed by atoms with Gasteiger partial charge in [0, 0.05) is 43.2 Å². The number of piperidine rings is 1. The largest absolute Gasteiger partial charge is 0.390 e. The number of aromatic nitrogens is 2. The number of nitrogens with zero attached hydrogens (tertiary/aromatic N) is 3. The van der Waals surface area contributed by atoms with E-state index in [4.69, 9.17) is 4.98 Å². The summed E-state index contributed by atoms with van der Waals surface area (Å²) in [6, 6.07) is 11.9. The van der Waals surface area contributed by atoms with Crippen molar-refractivity contribution in [2.75, 3.05) is 18.4 Å². The highest BCUT2D eigenvalue weighted by Gasteiger charge is 2.31. The summed E-state index contributed by atoms with van der Waals surface area (Å²) < 4.78 is 15.6. The number of halogens is 1. The van der Waals surface area contributed by atoms with E-state index in [0.29, 0.717) is 11.5 Å². The number of likely N-dealkylation sites (tertiary alicyclic amines) is 1. The summed E-state index contributed by atoms with van der Waals surface area (Å²) in [5.74, 6) is -0.186. The Labute approximate surface area is 235 Å². The van der Waals surface area contributed by atoms with Gasteiger partial charge in [-0.2, -0.15) is 0 Å². The average Bonchev–Trinajstić information content (AvgIpc) is 3.27. The molecule has 0 spiro atoms. The van der Waals surface area contributed by atoms with Crippen molar-refractivity contribution in [1.82, 2.24) is 19.8 Å². The van der Waals surface area contributed by atoms with Gasteiger partial charge in [-0.15, -0.1) is 0 Å². The van der Waals surface area contributed by atoms with Crippen LogP contribution in [-0.2, 0) is 11.3 Å². The van der Waals surface area contributed by atoms with Crippen molar-refractivity contribution in [3.05, 3.63) is 59.4 Å². The summed E-state index contributed by atoms with van der Waals surface area (Å²) in [5.41, 5.74) is 2.65. The number of nitrogens with one attached hydrogen (secondary N) is 2. The van der Waals surface area contributed by atoms with Gasteiger partial charge in [0.2, 0.25) is 11.9 Å². The lowest BCUT2D eigenvalue weighted by atomic mass is 9.85. The lowest BCUT2D eigenvalue weighted by Crippen LogP contribution is -2.41. The second kappa shape index (κ2) is 11.7. The zero-order valence-electron chi connectivity index (χ0n) is 23.6. The third-order valence-corrected chi connectivity index (χ3v) is 8.29. The highest BCUT2D eigenvalue weighted by Crippen LogP contribution is 2.37. The van der Waals surface area contributed by atoms with Gasteiger partial charge < -0.3 is 15.0 Å². The minimum atomic E-state index is -0.596. The summed E-state index contributed by atoms with van der Waals surface area (Å²) >= 11 is 0. The number of rotatable bonds is 7. The molecule has 2 amide bonds. The summed E-state index contributed by atoms with van der Waals surface area (Å²) in [4.78, 5) is 32.9. The first-order chi connectivity index (χ1) is 19.1. The van der Waals surface area contributed by atoms with E-state index in [9.17, 15) is 19.1 Å². The molecule has 9 heteroatoms. The number of carbonyl (C=O) groups is 2. The third-order valence-electron chi connectivity index (χ3n) is 8.29. The molecule has 0 radical (unpaired) electrons. The number of benzene rings is 2. The lowest BCUT2D eigenvalue weighted by molar-refractivity contribution is -0.126. The monoisotopic (exact) mass is 549 g/mol. The van der Waals surface area contributed by atoms with Gasteiger partial charge in [-0.25, -0.2) is 9.37 Å². The maximum atomic E-state index is 13.4. The summed E-state index contributed by atoms with van der Waals surface area (Å²) in [5, 5.41) is 16.3. The first kappa shape index (κ1) is 28.2. The van der Waals surface area contributed by atoms with E-state index in [1.54, 1.807) is 0 Å². The van der Waals surface area contributed by atoms with E-state index in [1.807, 2.05) is 26.8 Å². The standard InChI is InChI=1S/C31H40FN5O3/c1-20(2)33-28(38)23-7-11-25(12-8-23)37-27-18-21(19-36-16-14-31(3,40)15-17-36)4-13-26(27)34-30(37)35-29(39)22-5-9-24(32)10-6-22/h4-6,9-10,13,18,20,23,25,40H,7-8,11-12,14-17,19H2,1-3H3,(H,33,38)(H,34,35,39). The number of imidazole rings is 1. The maximum absolute atomic E-state index is 13.4. The van der Waals surface area contributed by atoms with Crippen molar-refractivity contribution < 1.29 is 19.1 Å². The van der Waals surface area contributed by atoms with E-state index in [2.05, 4.69) is 32.2 Å². The van der Waals surface area contributed by atoms with E-state index < -0.39 is 11.4 Å². The van der Waals surface area contributed by atoms with Crippen LogP contribution in [0.3, 0.4) is 0 Å². The Morgan fingerprint density at radius 3 is 2.40 bits per heavy atom. The molecule has 2 fully saturated rings. The molecule has 40 heavy (non-hydrogen) atoms. The van der Waals surface area contributed by atoms with Crippen LogP contribution in [0.2, 0.25) is 0 Å². The Hall–Kier alpha value is -3.30. The zero-order valence-corrected chi connectivity index (χ0v) is 23.6. The molecule has 0 unspecified atom stereocenters. The van der Waals surface area contributed by atoms with Gasteiger partial charge in [0.25, 0.3) is 5.91 Å². The number of fused-ring (bicyclic) bond motifs is 1. The van der Waals surface area contributed by atoms with Crippen molar-refractivity contribution in [2.24, 2.45) is 5.92 Å². The van der Waals surface area contributed by atoms with Gasteiger partial charge in [0.15, 0.2) is 0 Å². The molecule has 1 aliphatic carbocycles. The summed E-state index contributed by atoms with van der Waals surface area (Å²) in [6.07, 6.45) is 4.63. The van der Waals surface area contributed by atoms with Gasteiger partial charge in [0.05, 0.1) is 16.6 Å². The van der Waals surface area contributed by atoms with Gasteiger partial charge in [-0.1, -0.05) is 6.07 Å². The van der Waals surface area contributed by atoms with Gasteiger partial charge in [0.1, 0.15) is 5.82 Å². The van der Waals surface area contributed by atoms with Crippen molar-refractivity contribution in [1.29, 1.82) is 0 Å². The Balaban J connectivity index is 1.41. The fraction of sp³-hybridized carbons (Fsp3) is 0.516. The second-order valence-corrected chi connectivity index (χ2v) is 12.0. The predicted molar refractivity (Wildman–Crippen MR) is 153 cm³/mol. The Kier molecular flexibility index (Phi) is 8.24. The Bertz CT molecular complexity index is 1350. The number of aliphatic hydroxyl groups is 1. The van der Waals surface area contributed by atoms with Crippen molar-refractivity contribution >= 4 is 28.8 Å². The molecule has 1 saturated heterocycles. The highest BCUT2D eigenvalue weighted by atomic mass is 19.1. The number of anilines is 1. The molecule has 2 heterocycles. The summed E-state index contributed by atoms with van der Waals surface area (Å²) in [6.45, 7) is 8.30. The van der Waals surface area contributed by atoms with Gasteiger partial charge >= 0.3 is 0 Å². The van der Waals surface area contributed by atoms with Crippen LogP contribution in [0.25, 0.3) is 11.0 Å². The topological polar surface area (TPSA) is 99.5 Å². The van der Waals surface area contributed by atoms with Gasteiger partial charge in [-0.3, -0.25) is 19.8 Å². The van der Waals surface area contributed by atoms with Crippen LogP contribution in [0.1, 0.15) is 81.3 Å². The highest BCUT2D eigenvalue weighted by molar-refractivity contribution is 6.04. The molecular weight excluding hydrogens is 509 g/mol. The second-order valence-electron chi connectivity index (χ2n) is 12.0. The van der Waals surface area contributed by atoms with Crippen LogP contribution in [0.5, 0.6) is 0 Å². The lowest BCUT2D eigenvalue weighted by Gasteiger charge is -2.35. The third kappa shape index (κ3) is 6.53. The zero-order chi connectivity index (χ0) is 28.4. The molecule has 2 aliphatic rings. The molecule has 3 N–H and O–H groups in total. The molecule has 3 aromatic rings. The minimum absolute atomic E-state index is 0.0161. The molecule has 1 aromatic heterocycles. The van der Waals surface area contributed by atoms with E-state index in [-0.39, 0.29) is 29.8 Å². The van der Waals surface area contributed by atoms with Crippen LogP contribution in [0, 0.1) is 11.7 Å². The van der Waals surface area contributed by atoms with Crippen LogP contribution >= 0.6 is 0 Å². The minimum Gasteiger partial charge on any atom is -0.390 e. The molecular formula is C31H40FN5O3. The smallest absolute Gasteiger partial charge is 0.257 e. The maximum Gasteiger partial charge on any atom is 0.257 e. The first-order valence-corrected chi connectivity index (χ1v) is 14.4. The molecule has 5 rings (SSSR count). The van der Waals surface area contributed by atoms with Crippen LogP contribution in [-0.4, -0.2) is 56.1 Å². The molecule has 0 bridgehead atoms. The van der Waals surface area contributed by atoms with Crippen LogP contribution in [0.4, 0.5) is 10.3 Å². The first-order valence-electron chi connectivity index (χ1n) is 14.4.